The quantitative estimate of drug-likeness (QED) is 0.767. The second kappa shape index (κ2) is 5.06. The van der Waals surface area contributed by atoms with Gasteiger partial charge in [-0.05, 0) is 44.0 Å². The molecule has 0 saturated carbocycles. The van der Waals surface area contributed by atoms with Crippen molar-refractivity contribution >= 4 is 11.4 Å². The molecule has 1 rings (SSSR count). The summed E-state index contributed by atoms with van der Waals surface area (Å²) in [6.07, 6.45) is 0. The van der Waals surface area contributed by atoms with Crippen LogP contribution in [0.2, 0.25) is 0 Å². The Kier molecular flexibility index (Phi) is 4.01. The highest BCUT2D eigenvalue weighted by Gasteiger charge is 2.11. The van der Waals surface area contributed by atoms with Crippen LogP contribution in [0.3, 0.4) is 0 Å². The number of hydrogen-bond acceptors (Lipinski definition) is 2. The lowest BCUT2D eigenvalue weighted by Crippen LogP contribution is -2.34. The first-order chi connectivity index (χ1) is 7.00. The first-order valence-corrected chi connectivity index (χ1v) is 5.63. The minimum absolute atomic E-state index is 0.524. The van der Waals surface area contributed by atoms with Crippen molar-refractivity contribution in [2.24, 2.45) is 5.92 Å². The summed E-state index contributed by atoms with van der Waals surface area (Å²) >= 11 is 0. The lowest BCUT2D eigenvalue weighted by molar-refractivity contribution is 0.571. The van der Waals surface area contributed by atoms with E-state index in [0.29, 0.717) is 12.0 Å². The molecule has 0 aliphatic heterocycles. The van der Waals surface area contributed by atoms with Crippen LogP contribution in [0.25, 0.3) is 0 Å². The van der Waals surface area contributed by atoms with Gasteiger partial charge in [-0.3, -0.25) is 0 Å². The van der Waals surface area contributed by atoms with Gasteiger partial charge in [-0.2, -0.15) is 0 Å². The topological polar surface area (TPSA) is 29.3 Å². The lowest BCUT2D eigenvalue weighted by Gasteiger charge is -2.30. The maximum Gasteiger partial charge on any atom is 0.0370 e. The van der Waals surface area contributed by atoms with Crippen molar-refractivity contribution in [3.8, 4) is 0 Å². The fourth-order valence-electron chi connectivity index (χ4n) is 1.67. The van der Waals surface area contributed by atoms with E-state index in [1.54, 1.807) is 0 Å². The first kappa shape index (κ1) is 11.9. The Balaban J connectivity index is 2.84. The van der Waals surface area contributed by atoms with Gasteiger partial charge in [-0.15, -0.1) is 0 Å². The summed E-state index contributed by atoms with van der Waals surface area (Å²) in [7, 11) is 0. The van der Waals surface area contributed by atoms with Crippen molar-refractivity contribution < 1.29 is 0 Å². The second-order valence-corrected chi connectivity index (χ2v) is 4.73. The van der Waals surface area contributed by atoms with Gasteiger partial charge in [0.05, 0.1) is 0 Å². The van der Waals surface area contributed by atoms with Gasteiger partial charge < -0.3 is 10.6 Å². The summed E-state index contributed by atoms with van der Waals surface area (Å²) in [6, 6.07) is 8.64. The van der Waals surface area contributed by atoms with E-state index in [-0.39, 0.29) is 0 Å². The zero-order valence-corrected chi connectivity index (χ0v) is 10.2. The van der Waals surface area contributed by atoms with E-state index < -0.39 is 0 Å². The molecule has 0 aliphatic rings. The largest absolute Gasteiger partial charge is 0.399 e. The van der Waals surface area contributed by atoms with Crippen LogP contribution in [0.1, 0.15) is 27.7 Å². The van der Waals surface area contributed by atoms with E-state index in [1.807, 2.05) is 12.1 Å². The summed E-state index contributed by atoms with van der Waals surface area (Å²) in [4.78, 5) is 2.41. The molecule has 84 valence electrons. The van der Waals surface area contributed by atoms with Gasteiger partial charge in [0.2, 0.25) is 0 Å². The van der Waals surface area contributed by atoms with Crippen LogP contribution in [0.15, 0.2) is 24.3 Å². The number of nitrogens with two attached hydrogens (primary N) is 1. The van der Waals surface area contributed by atoms with Gasteiger partial charge in [-0.25, -0.2) is 0 Å². The fraction of sp³-hybridized carbons (Fsp3) is 0.538. The van der Waals surface area contributed by atoms with Gasteiger partial charge in [0, 0.05) is 24.0 Å². The maximum absolute atomic E-state index is 5.69. The molecule has 2 nitrogen and oxygen atoms in total. The summed E-state index contributed by atoms with van der Waals surface area (Å²) < 4.78 is 0. The average molecular weight is 206 g/mol. The highest BCUT2D eigenvalue weighted by atomic mass is 15.2. The van der Waals surface area contributed by atoms with Crippen LogP contribution >= 0.6 is 0 Å². The lowest BCUT2D eigenvalue weighted by atomic mass is 10.1. The summed E-state index contributed by atoms with van der Waals surface area (Å²) in [5.74, 6) is 0.671. The highest BCUT2D eigenvalue weighted by Crippen LogP contribution is 2.19. The normalized spacial score (nSPS) is 11.1. The number of hydrogen-bond donors (Lipinski definition) is 1. The van der Waals surface area contributed by atoms with Crippen LogP contribution in [0, 0.1) is 5.92 Å². The molecule has 0 bridgehead atoms. The molecule has 0 radical (unpaired) electrons. The molecule has 2 N–H and O–H groups in total. The molecular formula is C13H22N2. The van der Waals surface area contributed by atoms with E-state index in [2.05, 4.69) is 44.7 Å². The Morgan fingerprint density at radius 1 is 1.07 bits per heavy atom. The molecule has 0 aliphatic carbocycles. The molecule has 1 aromatic carbocycles. The molecule has 1 aromatic rings. The number of anilines is 2. The van der Waals surface area contributed by atoms with Gasteiger partial charge >= 0.3 is 0 Å². The molecule has 0 aromatic heterocycles. The molecule has 0 saturated heterocycles. The van der Waals surface area contributed by atoms with E-state index >= 15 is 0 Å². The monoisotopic (exact) mass is 206 g/mol. The van der Waals surface area contributed by atoms with Gasteiger partial charge in [0.1, 0.15) is 0 Å². The Labute approximate surface area is 93.1 Å². The minimum Gasteiger partial charge on any atom is -0.399 e. The maximum atomic E-state index is 5.69. The molecule has 15 heavy (non-hydrogen) atoms. The van der Waals surface area contributed by atoms with Crippen LogP contribution in [0.5, 0.6) is 0 Å². The molecule has 0 fully saturated rings. The van der Waals surface area contributed by atoms with Gasteiger partial charge in [0.25, 0.3) is 0 Å². The molecule has 0 heterocycles. The Morgan fingerprint density at radius 3 is 2.00 bits per heavy atom. The number of nitrogen functional groups attached to an aromatic ring is 1. The van der Waals surface area contributed by atoms with Crippen molar-refractivity contribution in [1.29, 1.82) is 0 Å². The predicted octanol–water partition coefficient (Wildman–Crippen LogP) is 3.14. The van der Waals surface area contributed by atoms with Crippen molar-refractivity contribution in [3.63, 3.8) is 0 Å². The smallest absolute Gasteiger partial charge is 0.0370 e. The van der Waals surface area contributed by atoms with Gasteiger partial charge in [-0.1, -0.05) is 13.8 Å². The van der Waals surface area contributed by atoms with Crippen molar-refractivity contribution in [3.05, 3.63) is 24.3 Å². The van der Waals surface area contributed by atoms with Crippen LogP contribution in [-0.4, -0.2) is 12.6 Å². The molecule has 0 amide bonds. The SMILES string of the molecule is CC(C)CN(c1ccc(N)cc1)C(C)C. The summed E-state index contributed by atoms with van der Waals surface area (Å²) in [5, 5.41) is 0. The Morgan fingerprint density at radius 2 is 1.60 bits per heavy atom. The molecular weight excluding hydrogens is 184 g/mol. The number of nitrogens with zero attached hydrogens (tertiary/aromatic N) is 1. The molecule has 0 atom stereocenters. The Bertz CT molecular complexity index is 288. The second-order valence-electron chi connectivity index (χ2n) is 4.73. The van der Waals surface area contributed by atoms with E-state index in [0.717, 1.165) is 12.2 Å². The predicted molar refractivity (Wildman–Crippen MR) is 68.2 cm³/mol. The zero-order valence-electron chi connectivity index (χ0n) is 10.2. The number of rotatable bonds is 4. The standard InChI is InChI=1S/C13H22N2/c1-10(2)9-15(11(3)4)13-7-5-12(14)6-8-13/h5-8,10-11H,9,14H2,1-4H3. The zero-order chi connectivity index (χ0) is 11.4. The third-order valence-corrected chi connectivity index (χ3v) is 2.41. The summed E-state index contributed by atoms with van der Waals surface area (Å²) in [6.45, 7) is 10.0. The number of benzene rings is 1. The van der Waals surface area contributed by atoms with E-state index in [9.17, 15) is 0 Å². The van der Waals surface area contributed by atoms with E-state index in [1.165, 1.54) is 5.69 Å². The molecule has 0 unspecified atom stereocenters. The van der Waals surface area contributed by atoms with Crippen LogP contribution in [0.4, 0.5) is 11.4 Å². The van der Waals surface area contributed by atoms with Crippen molar-refractivity contribution in [2.45, 2.75) is 33.7 Å². The third-order valence-electron chi connectivity index (χ3n) is 2.41. The minimum atomic E-state index is 0.524. The third kappa shape index (κ3) is 3.46. The fourth-order valence-corrected chi connectivity index (χ4v) is 1.67. The molecule has 0 spiro atoms. The first-order valence-electron chi connectivity index (χ1n) is 5.63. The van der Waals surface area contributed by atoms with Gasteiger partial charge in [0.15, 0.2) is 0 Å². The summed E-state index contributed by atoms with van der Waals surface area (Å²) in [5.41, 5.74) is 7.77. The van der Waals surface area contributed by atoms with Crippen molar-refractivity contribution in [1.82, 2.24) is 0 Å². The average Bonchev–Trinajstić information content (AvgIpc) is 2.15. The Hall–Kier alpha value is -1.18. The van der Waals surface area contributed by atoms with Crippen LogP contribution in [-0.2, 0) is 0 Å². The van der Waals surface area contributed by atoms with Crippen molar-refractivity contribution in [2.75, 3.05) is 17.2 Å². The van der Waals surface area contributed by atoms with E-state index in [4.69, 9.17) is 5.73 Å². The highest BCUT2D eigenvalue weighted by molar-refractivity contribution is 5.53. The molecule has 2 heteroatoms. The van der Waals surface area contributed by atoms with Crippen LogP contribution < -0.4 is 10.6 Å².